The highest BCUT2D eigenvalue weighted by Gasteiger charge is 2.37. The van der Waals surface area contributed by atoms with E-state index in [1.54, 1.807) is 30.3 Å². The Hall–Kier alpha value is -1.43. The molecule has 0 bridgehead atoms. The van der Waals surface area contributed by atoms with Crippen molar-refractivity contribution < 1.29 is 9.90 Å². The van der Waals surface area contributed by atoms with E-state index >= 15 is 0 Å². The van der Waals surface area contributed by atoms with Crippen molar-refractivity contribution in [1.29, 1.82) is 0 Å². The number of nitrogens with one attached hydrogen (secondary N) is 1. The second-order valence-corrected chi connectivity index (χ2v) is 2.92. The largest absolute Gasteiger partial charge is 0.480 e. The lowest BCUT2D eigenvalue weighted by Gasteiger charge is -2.27. The second kappa shape index (κ2) is 4.19. The summed E-state index contributed by atoms with van der Waals surface area (Å²) in [7, 11) is 0. The van der Waals surface area contributed by atoms with Gasteiger partial charge >= 0.3 is 5.97 Å². The molecule has 14 heavy (non-hydrogen) atoms. The number of rotatable bonds is 4. The number of nitrogens with two attached hydrogens (primary N) is 2. The van der Waals surface area contributed by atoms with Crippen LogP contribution < -0.4 is 17.0 Å². The van der Waals surface area contributed by atoms with Crippen LogP contribution in [-0.2, 0) is 10.3 Å². The zero-order valence-corrected chi connectivity index (χ0v) is 7.60. The van der Waals surface area contributed by atoms with Crippen LogP contribution in [0.3, 0.4) is 0 Å². The van der Waals surface area contributed by atoms with E-state index < -0.39 is 11.5 Å². The summed E-state index contributed by atoms with van der Waals surface area (Å²) in [6, 6.07) is 8.60. The maximum absolute atomic E-state index is 11.1. The zero-order valence-electron chi connectivity index (χ0n) is 7.60. The number of hydrogen-bond acceptors (Lipinski definition) is 4. The Bertz CT molecular complexity index is 309. The molecule has 0 spiro atoms. The molecule has 6 N–H and O–H groups in total. The molecule has 0 heterocycles. The molecule has 0 aliphatic carbocycles. The van der Waals surface area contributed by atoms with E-state index in [1.165, 1.54) is 0 Å². The van der Waals surface area contributed by atoms with Crippen LogP contribution in [0.1, 0.15) is 5.56 Å². The van der Waals surface area contributed by atoms with Crippen LogP contribution in [0.4, 0.5) is 0 Å². The number of benzene rings is 1. The quantitative estimate of drug-likeness (QED) is 0.379. The van der Waals surface area contributed by atoms with Gasteiger partial charge in [0.05, 0.1) is 0 Å². The van der Waals surface area contributed by atoms with Crippen molar-refractivity contribution in [1.82, 2.24) is 5.43 Å². The smallest absolute Gasteiger partial charge is 0.331 e. The highest BCUT2D eigenvalue weighted by Crippen LogP contribution is 2.18. The van der Waals surface area contributed by atoms with Gasteiger partial charge in [-0.15, -0.1) is 0 Å². The van der Waals surface area contributed by atoms with E-state index in [1.807, 2.05) is 0 Å². The lowest BCUT2D eigenvalue weighted by Crippen LogP contribution is -2.57. The predicted molar refractivity (Wildman–Crippen MR) is 52.1 cm³/mol. The minimum atomic E-state index is -1.40. The van der Waals surface area contributed by atoms with Gasteiger partial charge in [-0.25, -0.2) is 10.2 Å². The first kappa shape index (κ1) is 10.6. The first-order valence-corrected chi connectivity index (χ1v) is 4.14. The third-order valence-electron chi connectivity index (χ3n) is 2.18. The van der Waals surface area contributed by atoms with Gasteiger partial charge in [0, 0.05) is 6.54 Å². The Morgan fingerprint density at radius 1 is 1.43 bits per heavy atom. The van der Waals surface area contributed by atoms with Crippen molar-refractivity contribution in [2.24, 2.45) is 11.6 Å². The molecule has 0 fully saturated rings. The van der Waals surface area contributed by atoms with Gasteiger partial charge in [-0.05, 0) is 5.56 Å². The van der Waals surface area contributed by atoms with Crippen molar-refractivity contribution in [3.63, 3.8) is 0 Å². The average molecular weight is 195 g/mol. The molecule has 0 saturated heterocycles. The number of carbonyl (C=O) groups is 1. The van der Waals surface area contributed by atoms with E-state index in [-0.39, 0.29) is 6.54 Å². The number of carboxylic acids is 1. The summed E-state index contributed by atoms with van der Waals surface area (Å²) < 4.78 is 0. The van der Waals surface area contributed by atoms with Gasteiger partial charge in [0.1, 0.15) is 0 Å². The van der Waals surface area contributed by atoms with Crippen molar-refractivity contribution in [2.75, 3.05) is 6.54 Å². The van der Waals surface area contributed by atoms with Crippen LogP contribution in [0.2, 0.25) is 0 Å². The van der Waals surface area contributed by atoms with Gasteiger partial charge in [0.25, 0.3) is 0 Å². The highest BCUT2D eigenvalue weighted by atomic mass is 16.4. The van der Waals surface area contributed by atoms with Crippen LogP contribution in [0, 0.1) is 0 Å². The lowest BCUT2D eigenvalue weighted by molar-refractivity contribution is -0.145. The molecule has 0 amide bonds. The number of hydrazine groups is 1. The summed E-state index contributed by atoms with van der Waals surface area (Å²) in [5.74, 6) is 4.15. The molecule has 1 rings (SSSR count). The van der Waals surface area contributed by atoms with Crippen molar-refractivity contribution >= 4 is 5.97 Å². The fourth-order valence-electron chi connectivity index (χ4n) is 1.26. The van der Waals surface area contributed by atoms with Crippen LogP contribution >= 0.6 is 0 Å². The molecule has 1 aromatic carbocycles. The van der Waals surface area contributed by atoms with Crippen LogP contribution in [-0.4, -0.2) is 17.6 Å². The average Bonchev–Trinajstić information content (AvgIpc) is 2.22. The zero-order chi connectivity index (χ0) is 10.6. The number of aliphatic carboxylic acids is 1. The van der Waals surface area contributed by atoms with Crippen molar-refractivity contribution in [3.05, 3.63) is 35.9 Å². The molecule has 1 atom stereocenters. The SMILES string of the molecule is NCC(NN)(C(=O)O)c1ccccc1. The fourth-order valence-corrected chi connectivity index (χ4v) is 1.26. The number of carboxylic acid groups (broad SMARTS) is 1. The summed E-state index contributed by atoms with van der Waals surface area (Å²) in [6.07, 6.45) is 0. The Morgan fingerprint density at radius 3 is 2.36 bits per heavy atom. The first-order chi connectivity index (χ1) is 6.67. The molecule has 0 aromatic heterocycles. The monoisotopic (exact) mass is 195 g/mol. The molecule has 1 aromatic rings. The van der Waals surface area contributed by atoms with Gasteiger partial charge < -0.3 is 10.8 Å². The maximum Gasteiger partial charge on any atom is 0.331 e. The lowest BCUT2D eigenvalue weighted by atomic mass is 9.91. The molecular formula is C9H13N3O2. The van der Waals surface area contributed by atoms with Crippen LogP contribution in [0.15, 0.2) is 30.3 Å². The summed E-state index contributed by atoms with van der Waals surface area (Å²) in [6.45, 7) is -0.108. The molecule has 0 radical (unpaired) electrons. The second-order valence-electron chi connectivity index (χ2n) is 2.92. The predicted octanol–water partition coefficient (Wildman–Crippen LogP) is -0.611. The van der Waals surface area contributed by atoms with E-state index in [0.717, 1.165) is 0 Å². The molecule has 0 aliphatic heterocycles. The molecular weight excluding hydrogens is 182 g/mol. The molecule has 0 saturated carbocycles. The Labute approximate surface area is 81.7 Å². The van der Waals surface area contributed by atoms with Gasteiger partial charge in [-0.3, -0.25) is 5.84 Å². The summed E-state index contributed by atoms with van der Waals surface area (Å²) in [4.78, 5) is 11.1. The third-order valence-corrected chi connectivity index (χ3v) is 2.18. The molecule has 1 unspecified atom stereocenters. The topological polar surface area (TPSA) is 101 Å². The third kappa shape index (κ3) is 1.60. The van der Waals surface area contributed by atoms with Gasteiger partial charge in [-0.2, -0.15) is 0 Å². The molecule has 5 nitrogen and oxygen atoms in total. The Morgan fingerprint density at radius 2 is 2.00 bits per heavy atom. The van der Waals surface area contributed by atoms with Crippen molar-refractivity contribution in [3.8, 4) is 0 Å². The standard InChI is InChI=1S/C9H13N3O2/c10-6-9(12-11,8(13)14)7-4-2-1-3-5-7/h1-5,12H,6,10-11H2,(H,13,14). The van der Waals surface area contributed by atoms with Crippen LogP contribution in [0.25, 0.3) is 0 Å². The van der Waals surface area contributed by atoms with E-state index in [4.69, 9.17) is 16.7 Å². The number of hydrogen-bond donors (Lipinski definition) is 4. The maximum atomic E-state index is 11.1. The Kier molecular flexibility index (Phi) is 3.19. The fraction of sp³-hybridized carbons (Fsp3) is 0.222. The Balaban J connectivity index is 3.18. The van der Waals surface area contributed by atoms with Gasteiger partial charge in [0.15, 0.2) is 5.54 Å². The minimum Gasteiger partial charge on any atom is -0.480 e. The van der Waals surface area contributed by atoms with Gasteiger partial charge in [-0.1, -0.05) is 30.3 Å². The molecule has 5 heteroatoms. The normalized spacial score (nSPS) is 14.7. The summed E-state index contributed by atoms with van der Waals surface area (Å²) in [5.41, 5.74) is 6.82. The minimum absolute atomic E-state index is 0.108. The first-order valence-electron chi connectivity index (χ1n) is 4.14. The molecule has 76 valence electrons. The van der Waals surface area contributed by atoms with Gasteiger partial charge in [0.2, 0.25) is 0 Å². The van der Waals surface area contributed by atoms with E-state index in [0.29, 0.717) is 5.56 Å². The van der Waals surface area contributed by atoms with E-state index in [9.17, 15) is 4.79 Å². The summed E-state index contributed by atoms with van der Waals surface area (Å²) in [5, 5.41) is 9.05. The molecule has 0 aliphatic rings. The van der Waals surface area contributed by atoms with Crippen molar-refractivity contribution in [2.45, 2.75) is 5.54 Å². The highest BCUT2D eigenvalue weighted by molar-refractivity contribution is 5.81. The van der Waals surface area contributed by atoms with Crippen LogP contribution in [0.5, 0.6) is 0 Å². The van der Waals surface area contributed by atoms with E-state index in [2.05, 4.69) is 5.43 Å². The summed E-state index contributed by atoms with van der Waals surface area (Å²) >= 11 is 0.